The van der Waals surface area contributed by atoms with E-state index in [1.165, 1.54) is 18.5 Å². The van der Waals surface area contributed by atoms with Crippen LogP contribution in [0.2, 0.25) is 0 Å². The fraction of sp³-hybridized carbons (Fsp3) is 0.636. The number of anilines is 1. The quantitative estimate of drug-likeness (QED) is 0.623. The Balaban J connectivity index is 1.43. The molecule has 2 aliphatic rings. The molecule has 1 saturated heterocycles. The van der Waals surface area contributed by atoms with Crippen molar-refractivity contribution in [3.05, 3.63) is 29.2 Å². The van der Waals surface area contributed by atoms with Gasteiger partial charge in [0.1, 0.15) is 6.10 Å². The van der Waals surface area contributed by atoms with Crippen molar-refractivity contribution in [2.24, 2.45) is 0 Å². The Morgan fingerprint density at radius 3 is 2.65 bits per heavy atom. The molecule has 1 aliphatic carbocycles. The van der Waals surface area contributed by atoms with Crippen LogP contribution in [0.3, 0.4) is 0 Å². The summed E-state index contributed by atoms with van der Waals surface area (Å²) in [5, 5.41) is 12.7. The van der Waals surface area contributed by atoms with Gasteiger partial charge in [0.2, 0.25) is 5.95 Å². The Kier molecular flexibility index (Phi) is 5.29. The van der Waals surface area contributed by atoms with E-state index in [0.29, 0.717) is 30.5 Å². The molecule has 0 atom stereocenters. The van der Waals surface area contributed by atoms with Crippen LogP contribution in [0.5, 0.6) is 6.01 Å². The van der Waals surface area contributed by atoms with Crippen LogP contribution in [0.1, 0.15) is 68.4 Å². The standard InChI is InChI=1S/C22H32N8O/c1-14(2)19-13-24-30-20(19)25-22(31-18-7-9-28(4)10-8-18)26-21(30)23-12-17-11-15(3)27-29(17)16-5-6-16/h11,13-14,16,18H,5-10,12H2,1-4H3,(H,23,25,26). The lowest BCUT2D eigenvalue weighted by Gasteiger charge is -2.28. The van der Waals surface area contributed by atoms with E-state index >= 15 is 0 Å². The van der Waals surface area contributed by atoms with Gasteiger partial charge in [0, 0.05) is 18.7 Å². The second-order valence-electron chi connectivity index (χ2n) is 9.25. The normalized spacial score (nSPS) is 18.2. The van der Waals surface area contributed by atoms with Crippen LogP contribution in [-0.2, 0) is 6.54 Å². The minimum atomic E-state index is 0.149. The lowest BCUT2D eigenvalue weighted by Crippen LogP contribution is -2.36. The van der Waals surface area contributed by atoms with E-state index in [-0.39, 0.29) is 6.10 Å². The molecule has 0 spiro atoms. The highest BCUT2D eigenvalue weighted by Crippen LogP contribution is 2.35. The zero-order chi connectivity index (χ0) is 21.5. The molecule has 0 unspecified atom stereocenters. The second-order valence-corrected chi connectivity index (χ2v) is 9.25. The predicted octanol–water partition coefficient (Wildman–Crippen LogP) is 3.17. The first-order valence-corrected chi connectivity index (χ1v) is 11.4. The average Bonchev–Trinajstić information content (AvgIpc) is 3.38. The molecule has 1 saturated carbocycles. The summed E-state index contributed by atoms with van der Waals surface area (Å²) in [7, 11) is 2.15. The zero-order valence-electron chi connectivity index (χ0n) is 18.9. The molecule has 31 heavy (non-hydrogen) atoms. The van der Waals surface area contributed by atoms with Crippen LogP contribution in [0, 0.1) is 6.92 Å². The van der Waals surface area contributed by atoms with Crippen LogP contribution in [0.25, 0.3) is 5.65 Å². The van der Waals surface area contributed by atoms with Crippen molar-refractivity contribution in [2.45, 2.75) is 71.1 Å². The first-order chi connectivity index (χ1) is 15.0. The number of rotatable bonds is 7. The van der Waals surface area contributed by atoms with Gasteiger partial charge in [-0.2, -0.15) is 24.7 Å². The number of piperidine rings is 1. The third-order valence-electron chi connectivity index (χ3n) is 6.19. The summed E-state index contributed by atoms with van der Waals surface area (Å²) >= 11 is 0. The topological polar surface area (TPSA) is 85.4 Å². The van der Waals surface area contributed by atoms with Gasteiger partial charge in [0.25, 0.3) is 0 Å². The minimum Gasteiger partial charge on any atom is -0.460 e. The van der Waals surface area contributed by atoms with Crippen LogP contribution >= 0.6 is 0 Å². The molecule has 0 aromatic carbocycles. The van der Waals surface area contributed by atoms with Crippen molar-refractivity contribution in [3.8, 4) is 6.01 Å². The molecule has 0 amide bonds. The van der Waals surface area contributed by atoms with Crippen LogP contribution in [-0.4, -0.2) is 60.5 Å². The Bertz CT molecular complexity index is 1060. The predicted molar refractivity (Wildman–Crippen MR) is 119 cm³/mol. The Labute approximate surface area is 182 Å². The fourth-order valence-electron chi connectivity index (χ4n) is 4.21. The number of nitrogens with one attached hydrogen (secondary N) is 1. The van der Waals surface area contributed by atoms with Crippen molar-refractivity contribution in [3.63, 3.8) is 0 Å². The molecular formula is C22H32N8O. The number of fused-ring (bicyclic) bond motifs is 1. The van der Waals surface area contributed by atoms with Crippen molar-refractivity contribution in [1.82, 2.24) is 34.3 Å². The molecule has 0 bridgehead atoms. The smallest absolute Gasteiger partial charge is 0.322 e. The lowest BCUT2D eigenvalue weighted by atomic mass is 10.1. The van der Waals surface area contributed by atoms with Crippen LogP contribution in [0.15, 0.2) is 12.3 Å². The van der Waals surface area contributed by atoms with E-state index in [4.69, 9.17) is 14.7 Å². The monoisotopic (exact) mass is 424 g/mol. The highest BCUT2D eigenvalue weighted by molar-refractivity contribution is 5.53. The number of hydrogen-bond donors (Lipinski definition) is 1. The highest BCUT2D eigenvalue weighted by Gasteiger charge is 2.27. The van der Waals surface area contributed by atoms with Crippen LogP contribution in [0.4, 0.5) is 5.95 Å². The Hall–Kier alpha value is -2.68. The second kappa shape index (κ2) is 8.11. The van der Waals surface area contributed by atoms with E-state index in [1.807, 2.05) is 13.1 Å². The molecule has 9 nitrogen and oxygen atoms in total. The third-order valence-corrected chi connectivity index (χ3v) is 6.19. The van der Waals surface area contributed by atoms with Crippen molar-refractivity contribution in [1.29, 1.82) is 0 Å². The van der Waals surface area contributed by atoms with Gasteiger partial charge in [-0.3, -0.25) is 4.68 Å². The number of nitrogens with zero attached hydrogens (tertiary/aromatic N) is 7. The number of hydrogen-bond acceptors (Lipinski definition) is 7. The van der Waals surface area contributed by atoms with Gasteiger partial charge in [-0.25, -0.2) is 0 Å². The maximum Gasteiger partial charge on any atom is 0.322 e. The Morgan fingerprint density at radius 2 is 1.94 bits per heavy atom. The molecule has 3 aromatic heterocycles. The molecule has 1 aliphatic heterocycles. The van der Waals surface area contributed by atoms with E-state index in [2.05, 4.69) is 52.1 Å². The van der Waals surface area contributed by atoms with Gasteiger partial charge >= 0.3 is 6.01 Å². The third kappa shape index (κ3) is 4.23. The van der Waals surface area contributed by atoms with Crippen molar-refractivity contribution < 1.29 is 4.74 Å². The SMILES string of the molecule is Cc1cc(CNc2nc(OC3CCN(C)CC3)nc3c(C(C)C)cnn23)n(C2CC2)n1. The molecule has 166 valence electrons. The summed E-state index contributed by atoms with van der Waals surface area (Å²) in [5.74, 6) is 0.969. The number of aryl methyl sites for hydroxylation is 1. The molecular weight excluding hydrogens is 392 g/mol. The van der Waals surface area contributed by atoms with Gasteiger partial charge in [-0.1, -0.05) is 13.8 Å². The van der Waals surface area contributed by atoms with E-state index in [1.54, 1.807) is 4.52 Å². The molecule has 1 N–H and O–H groups in total. The zero-order valence-corrected chi connectivity index (χ0v) is 18.9. The van der Waals surface area contributed by atoms with E-state index < -0.39 is 0 Å². The van der Waals surface area contributed by atoms with Crippen LogP contribution < -0.4 is 10.1 Å². The summed E-state index contributed by atoms with van der Waals surface area (Å²) in [6.07, 6.45) is 6.43. The highest BCUT2D eigenvalue weighted by atomic mass is 16.5. The minimum absolute atomic E-state index is 0.149. The van der Waals surface area contributed by atoms with Gasteiger partial charge in [0.05, 0.1) is 30.2 Å². The molecule has 0 radical (unpaired) electrons. The summed E-state index contributed by atoms with van der Waals surface area (Å²) in [4.78, 5) is 11.8. The Morgan fingerprint density at radius 1 is 1.16 bits per heavy atom. The molecule has 4 heterocycles. The maximum absolute atomic E-state index is 6.24. The molecule has 9 heteroatoms. The molecule has 3 aromatic rings. The van der Waals surface area contributed by atoms with Gasteiger partial charge in [0.15, 0.2) is 5.65 Å². The lowest BCUT2D eigenvalue weighted by molar-refractivity contribution is 0.105. The summed E-state index contributed by atoms with van der Waals surface area (Å²) in [6.45, 7) is 9.05. The van der Waals surface area contributed by atoms with Gasteiger partial charge in [-0.05, 0) is 51.6 Å². The van der Waals surface area contributed by atoms with Gasteiger partial charge in [-0.15, -0.1) is 0 Å². The van der Waals surface area contributed by atoms with E-state index in [9.17, 15) is 0 Å². The number of aromatic nitrogens is 6. The number of ether oxygens (including phenoxy) is 1. The number of likely N-dealkylation sites (tertiary alicyclic amines) is 1. The van der Waals surface area contributed by atoms with Crippen molar-refractivity contribution >= 4 is 11.6 Å². The van der Waals surface area contributed by atoms with Gasteiger partial charge < -0.3 is 15.0 Å². The first kappa shape index (κ1) is 20.2. The maximum atomic E-state index is 6.24. The summed E-state index contributed by atoms with van der Waals surface area (Å²) in [6, 6.07) is 3.11. The van der Waals surface area contributed by atoms with Crippen molar-refractivity contribution in [2.75, 3.05) is 25.5 Å². The molecule has 5 rings (SSSR count). The largest absolute Gasteiger partial charge is 0.460 e. The first-order valence-electron chi connectivity index (χ1n) is 11.4. The average molecular weight is 425 g/mol. The summed E-state index contributed by atoms with van der Waals surface area (Å²) < 4.78 is 10.2. The summed E-state index contributed by atoms with van der Waals surface area (Å²) in [5.41, 5.74) is 4.12. The fourth-order valence-corrected chi connectivity index (χ4v) is 4.21. The van der Waals surface area contributed by atoms with E-state index in [0.717, 1.165) is 42.8 Å². The molecule has 2 fully saturated rings.